The molecular formula is C15H24N2O2. The summed E-state index contributed by atoms with van der Waals surface area (Å²) < 4.78 is 0. The fourth-order valence-corrected chi connectivity index (χ4v) is 5.26. The Morgan fingerprint density at radius 3 is 2.79 bits per heavy atom. The number of hydrogen-bond acceptors (Lipinski definition) is 3. The molecule has 0 aliphatic carbocycles. The highest BCUT2D eigenvalue weighted by Crippen LogP contribution is 2.44. The van der Waals surface area contributed by atoms with Crippen molar-refractivity contribution in [1.82, 2.24) is 9.80 Å². The molecule has 4 nitrogen and oxygen atoms in total. The average Bonchev–Trinajstić information content (AvgIpc) is 2.41. The number of nitrogens with zero attached hydrogens (tertiary/aromatic N) is 2. The Bertz CT molecular complexity index is 384. The van der Waals surface area contributed by atoms with E-state index in [1.807, 2.05) is 0 Å². The summed E-state index contributed by atoms with van der Waals surface area (Å²) in [5.41, 5.74) is 0. The van der Waals surface area contributed by atoms with Crippen LogP contribution in [0.25, 0.3) is 0 Å². The van der Waals surface area contributed by atoms with Crippen molar-refractivity contribution in [3.63, 3.8) is 0 Å². The van der Waals surface area contributed by atoms with Crippen LogP contribution in [0, 0.1) is 11.8 Å². The van der Waals surface area contributed by atoms with Gasteiger partial charge in [0, 0.05) is 18.6 Å². The van der Waals surface area contributed by atoms with E-state index in [0.29, 0.717) is 30.3 Å². The van der Waals surface area contributed by atoms with Crippen LogP contribution in [-0.2, 0) is 4.79 Å². The van der Waals surface area contributed by atoms with E-state index in [1.54, 1.807) is 0 Å². The van der Waals surface area contributed by atoms with Gasteiger partial charge < -0.3 is 10.0 Å². The predicted molar refractivity (Wildman–Crippen MR) is 71.6 cm³/mol. The normalized spacial score (nSPS) is 46.7. The Morgan fingerprint density at radius 1 is 1.16 bits per heavy atom. The summed E-state index contributed by atoms with van der Waals surface area (Å²) in [5.74, 6) is 1.51. The Hall–Kier alpha value is -0.610. The molecule has 4 aliphatic heterocycles. The Balaban J connectivity index is 1.65. The zero-order valence-electron chi connectivity index (χ0n) is 11.5. The number of fused-ring (bicyclic) bond motifs is 2. The summed E-state index contributed by atoms with van der Waals surface area (Å²) in [6, 6.07) is 1.01. The number of aliphatic hydroxyl groups excluding tert-OH is 1. The molecule has 4 heteroatoms. The lowest BCUT2D eigenvalue weighted by Crippen LogP contribution is -2.67. The van der Waals surface area contributed by atoms with Gasteiger partial charge in [-0.1, -0.05) is 0 Å². The molecule has 4 saturated heterocycles. The van der Waals surface area contributed by atoms with E-state index in [2.05, 4.69) is 9.80 Å². The Labute approximate surface area is 114 Å². The first kappa shape index (κ1) is 12.2. The number of amides is 1. The number of carbonyl (C=O) groups is 1. The third-order valence-corrected chi connectivity index (χ3v) is 5.92. The van der Waals surface area contributed by atoms with E-state index in [0.717, 1.165) is 13.0 Å². The quantitative estimate of drug-likeness (QED) is 0.705. The van der Waals surface area contributed by atoms with Crippen molar-refractivity contribution < 1.29 is 9.90 Å². The largest absolute Gasteiger partial charge is 0.393 e. The predicted octanol–water partition coefficient (Wildman–Crippen LogP) is 0.842. The molecular weight excluding hydrogens is 240 g/mol. The molecule has 4 fully saturated rings. The molecule has 4 aliphatic rings. The van der Waals surface area contributed by atoms with Crippen LogP contribution in [0.1, 0.15) is 38.5 Å². The van der Waals surface area contributed by atoms with Gasteiger partial charge >= 0.3 is 0 Å². The first-order chi connectivity index (χ1) is 9.24. The summed E-state index contributed by atoms with van der Waals surface area (Å²) >= 11 is 0. The van der Waals surface area contributed by atoms with Crippen molar-refractivity contribution in [2.45, 2.75) is 56.7 Å². The van der Waals surface area contributed by atoms with Crippen LogP contribution < -0.4 is 0 Å². The molecule has 19 heavy (non-hydrogen) atoms. The average molecular weight is 264 g/mol. The summed E-state index contributed by atoms with van der Waals surface area (Å²) in [4.78, 5) is 17.0. The van der Waals surface area contributed by atoms with E-state index >= 15 is 0 Å². The molecule has 106 valence electrons. The Morgan fingerprint density at radius 2 is 1.95 bits per heavy atom. The number of carbonyl (C=O) groups excluding carboxylic acids is 1. The third kappa shape index (κ3) is 1.83. The number of hydrogen-bond donors (Lipinski definition) is 1. The molecule has 1 N–H and O–H groups in total. The lowest BCUT2D eigenvalue weighted by atomic mass is 9.68. The number of rotatable bonds is 0. The van der Waals surface area contributed by atoms with Gasteiger partial charge in [0.2, 0.25) is 5.91 Å². The maximum atomic E-state index is 12.2. The molecule has 0 saturated carbocycles. The van der Waals surface area contributed by atoms with Gasteiger partial charge in [0.25, 0.3) is 0 Å². The number of aliphatic hydroxyl groups is 1. The van der Waals surface area contributed by atoms with Gasteiger partial charge in [-0.05, 0) is 57.0 Å². The standard InChI is InChI=1S/C15H24N2O2/c18-11-7-13-12-4-2-6-16-5-1-3-10(15(12)16)9-17(13)14(19)8-11/h10-13,15,18H,1-9H2/t10-,11?,12+,13+,15-/m0/s1. The summed E-state index contributed by atoms with van der Waals surface area (Å²) in [6.07, 6.45) is 5.86. The number of piperidine rings is 4. The lowest BCUT2D eigenvalue weighted by molar-refractivity contribution is -0.157. The van der Waals surface area contributed by atoms with Gasteiger partial charge in [0.1, 0.15) is 0 Å². The molecule has 1 unspecified atom stereocenters. The molecule has 0 aromatic rings. The van der Waals surface area contributed by atoms with Crippen molar-refractivity contribution in [2.75, 3.05) is 19.6 Å². The zero-order chi connectivity index (χ0) is 13.0. The van der Waals surface area contributed by atoms with Crippen LogP contribution in [0.15, 0.2) is 0 Å². The van der Waals surface area contributed by atoms with Crippen LogP contribution in [0.3, 0.4) is 0 Å². The van der Waals surface area contributed by atoms with E-state index in [-0.39, 0.29) is 5.91 Å². The fourth-order valence-electron chi connectivity index (χ4n) is 5.26. The second kappa shape index (κ2) is 4.45. The molecule has 0 spiro atoms. The summed E-state index contributed by atoms with van der Waals surface area (Å²) in [5, 5.41) is 9.95. The fraction of sp³-hybridized carbons (Fsp3) is 0.933. The maximum Gasteiger partial charge on any atom is 0.225 e. The molecule has 0 aromatic heterocycles. The maximum absolute atomic E-state index is 12.2. The van der Waals surface area contributed by atoms with Crippen LogP contribution in [0.2, 0.25) is 0 Å². The van der Waals surface area contributed by atoms with Gasteiger partial charge in [-0.2, -0.15) is 0 Å². The first-order valence-corrected chi connectivity index (χ1v) is 7.95. The molecule has 4 rings (SSSR count). The monoisotopic (exact) mass is 264 g/mol. The van der Waals surface area contributed by atoms with Crippen molar-refractivity contribution in [2.24, 2.45) is 11.8 Å². The van der Waals surface area contributed by atoms with Gasteiger partial charge in [0.15, 0.2) is 0 Å². The van der Waals surface area contributed by atoms with Crippen molar-refractivity contribution in [1.29, 1.82) is 0 Å². The van der Waals surface area contributed by atoms with Gasteiger partial charge in [-0.3, -0.25) is 9.69 Å². The SMILES string of the molecule is O=C1CC(O)C[C@@H]2[C@H]3CCCN4CCC[C@@H](CN12)[C@@H]34. The highest BCUT2D eigenvalue weighted by atomic mass is 16.3. The lowest BCUT2D eigenvalue weighted by Gasteiger charge is -2.58. The minimum Gasteiger partial charge on any atom is -0.393 e. The summed E-state index contributed by atoms with van der Waals surface area (Å²) in [7, 11) is 0. The minimum absolute atomic E-state index is 0.199. The van der Waals surface area contributed by atoms with E-state index in [1.165, 1.54) is 38.8 Å². The van der Waals surface area contributed by atoms with E-state index < -0.39 is 6.10 Å². The molecule has 1 amide bonds. The second-order valence-electron chi connectivity index (χ2n) is 6.94. The second-order valence-corrected chi connectivity index (χ2v) is 6.94. The smallest absolute Gasteiger partial charge is 0.225 e. The molecule has 5 atom stereocenters. The molecule has 0 aromatic carbocycles. The molecule has 0 bridgehead atoms. The van der Waals surface area contributed by atoms with Crippen LogP contribution in [-0.4, -0.2) is 58.6 Å². The third-order valence-electron chi connectivity index (χ3n) is 5.92. The Kier molecular flexibility index (Phi) is 2.85. The van der Waals surface area contributed by atoms with Crippen LogP contribution in [0.5, 0.6) is 0 Å². The van der Waals surface area contributed by atoms with Crippen molar-refractivity contribution >= 4 is 5.91 Å². The van der Waals surface area contributed by atoms with Gasteiger partial charge in [-0.25, -0.2) is 0 Å². The van der Waals surface area contributed by atoms with Crippen molar-refractivity contribution in [3.05, 3.63) is 0 Å². The topological polar surface area (TPSA) is 43.8 Å². The highest BCUT2D eigenvalue weighted by Gasteiger charge is 2.51. The van der Waals surface area contributed by atoms with Gasteiger partial charge in [0.05, 0.1) is 12.5 Å². The zero-order valence-corrected chi connectivity index (χ0v) is 11.5. The van der Waals surface area contributed by atoms with Crippen molar-refractivity contribution in [3.8, 4) is 0 Å². The highest BCUT2D eigenvalue weighted by molar-refractivity contribution is 5.78. The van der Waals surface area contributed by atoms with E-state index in [9.17, 15) is 9.90 Å². The van der Waals surface area contributed by atoms with E-state index in [4.69, 9.17) is 0 Å². The molecule has 4 heterocycles. The minimum atomic E-state index is -0.399. The van der Waals surface area contributed by atoms with Gasteiger partial charge in [-0.15, -0.1) is 0 Å². The first-order valence-electron chi connectivity index (χ1n) is 7.95. The van der Waals surface area contributed by atoms with Crippen LogP contribution in [0.4, 0.5) is 0 Å². The summed E-state index contributed by atoms with van der Waals surface area (Å²) in [6.45, 7) is 3.45. The van der Waals surface area contributed by atoms with Crippen LogP contribution >= 0.6 is 0 Å². The molecule has 0 radical (unpaired) electrons.